The Morgan fingerprint density at radius 1 is 1.18 bits per heavy atom. The van der Waals surface area contributed by atoms with Gasteiger partial charge in [-0.3, -0.25) is 14.2 Å². The van der Waals surface area contributed by atoms with Crippen LogP contribution in [0.3, 0.4) is 0 Å². The lowest BCUT2D eigenvalue weighted by Crippen LogP contribution is -2.45. The Morgan fingerprint density at radius 3 is 2.41 bits per heavy atom. The van der Waals surface area contributed by atoms with E-state index in [4.69, 9.17) is 9.72 Å². The summed E-state index contributed by atoms with van der Waals surface area (Å²) < 4.78 is 7.02. The Hall–Kier alpha value is -2.12. The van der Waals surface area contributed by atoms with E-state index in [1.807, 2.05) is 11.8 Å². The molecule has 34 heavy (non-hydrogen) atoms. The lowest BCUT2D eigenvalue weighted by molar-refractivity contribution is -0.134. The second-order valence-electron chi connectivity index (χ2n) is 10.1. The first kappa shape index (κ1) is 26.5. The smallest absolute Gasteiger partial charge is 0.257 e. The van der Waals surface area contributed by atoms with Crippen LogP contribution in [0.4, 0.5) is 0 Å². The molecule has 0 bridgehead atoms. The Bertz CT molecular complexity index is 1030. The Morgan fingerprint density at radius 2 is 1.82 bits per heavy atom. The number of amides is 1. The molecular weight excluding hydrogens is 446 g/mol. The Labute approximate surface area is 208 Å². The van der Waals surface area contributed by atoms with E-state index in [1.54, 1.807) is 11.6 Å². The Kier molecular flexibility index (Phi) is 8.99. The van der Waals surface area contributed by atoms with E-state index in [0.717, 1.165) is 30.5 Å². The van der Waals surface area contributed by atoms with E-state index in [9.17, 15) is 9.59 Å². The summed E-state index contributed by atoms with van der Waals surface area (Å²) in [6.07, 6.45) is 3.30. The van der Waals surface area contributed by atoms with Gasteiger partial charge in [-0.1, -0.05) is 76.6 Å². The molecule has 0 aliphatic carbocycles. The number of unbranched alkanes of at least 4 members (excludes halogenated alkanes) is 1. The van der Waals surface area contributed by atoms with Crippen LogP contribution in [0, 0.1) is 6.92 Å². The maximum Gasteiger partial charge on any atom is 0.257 e. The minimum Gasteiger partial charge on any atom is -0.378 e. The number of carbonyl (C=O) groups excluding carboxylic acids is 1. The van der Waals surface area contributed by atoms with Crippen molar-refractivity contribution in [1.29, 1.82) is 0 Å². The Balaban J connectivity index is 1.82. The highest BCUT2D eigenvalue weighted by Crippen LogP contribution is 2.28. The topological polar surface area (TPSA) is 64.4 Å². The van der Waals surface area contributed by atoms with Gasteiger partial charge in [0.25, 0.3) is 5.56 Å². The third kappa shape index (κ3) is 6.51. The molecule has 1 aromatic heterocycles. The standard InChI is InChI=1S/C27H39N3O3S/c1-7-8-9-23(25(32)30-14-16-33-17-15-30)34-26-28-19(2)22(24(31)29(26)6)18-20-10-12-21(13-11-20)27(3,4)5/h10-13,23H,7-9,14-18H2,1-6H3. The third-order valence-electron chi connectivity index (χ3n) is 6.42. The van der Waals surface area contributed by atoms with Gasteiger partial charge in [-0.2, -0.15) is 0 Å². The number of nitrogens with zero attached hydrogens (tertiary/aromatic N) is 3. The minimum absolute atomic E-state index is 0.0389. The summed E-state index contributed by atoms with van der Waals surface area (Å²) >= 11 is 1.42. The van der Waals surface area contributed by atoms with Crippen molar-refractivity contribution in [2.75, 3.05) is 26.3 Å². The molecule has 1 aliphatic rings. The van der Waals surface area contributed by atoms with E-state index in [-0.39, 0.29) is 22.1 Å². The van der Waals surface area contributed by atoms with Crippen LogP contribution in [0.25, 0.3) is 0 Å². The molecule has 1 aliphatic heterocycles. The molecule has 186 valence electrons. The summed E-state index contributed by atoms with van der Waals surface area (Å²) in [5.41, 5.74) is 3.87. The van der Waals surface area contributed by atoms with Crippen LogP contribution in [0.5, 0.6) is 0 Å². The van der Waals surface area contributed by atoms with Gasteiger partial charge >= 0.3 is 0 Å². The van der Waals surface area contributed by atoms with Crippen molar-refractivity contribution in [3.63, 3.8) is 0 Å². The molecule has 1 saturated heterocycles. The first-order valence-corrected chi connectivity index (χ1v) is 13.2. The van der Waals surface area contributed by atoms with Crippen LogP contribution in [-0.2, 0) is 28.4 Å². The molecule has 7 heteroatoms. The molecule has 1 atom stereocenters. The molecule has 0 spiro atoms. The summed E-state index contributed by atoms with van der Waals surface area (Å²) in [5.74, 6) is 0.122. The zero-order valence-electron chi connectivity index (χ0n) is 21.5. The maximum atomic E-state index is 13.3. The summed E-state index contributed by atoms with van der Waals surface area (Å²) in [6, 6.07) is 8.48. The van der Waals surface area contributed by atoms with Crippen molar-refractivity contribution in [2.24, 2.45) is 7.05 Å². The summed E-state index contributed by atoms with van der Waals surface area (Å²) in [4.78, 5) is 33.2. The van der Waals surface area contributed by atoms with E-state index >= 15 is 0 Å². The number of morpholine rings is 1. The normalized spacial score (nSPS) is 15.4. The third-order valence-corrected chi connectivity index (χ3v) is 7.71. The highest BCUT2D eigenvalue weighted by atomic mass is 32.2. The molecule has 1 amide bonds. The van der Waals surface area contributed by atoms with Crippen LogP contribution >= 0.6 is 11.8 Å². The predicted molar refractivity (Wildman–Crippen MR) is 139 cm³/mol. The van der Waals surface area contributed by atoms with Gasteiger partial charge in [-0.05, 0) is 29.9 Å². The highest BCUT2D eigenvalue weighted by Gasteiger charge is 2.28. The minimum atomic E-state index is -0.244. The fourth-order valence-corrected chi connectivity index (χ4v) is 5.32. The quantitative estimate of drug-likeness (QED) is 0.407. The van der Waals surface area contributed by atoms with Crippen LogP contribution in [0.2, 0.25) is 0 Å². The average molecular weight is 486 g/mol. The predicted octanol–water partition coefficient (Wildman–Crippen LogP) is 4.49. The van der Waals surface area contributed by atoms with Gasteiger partial charge in [0.1, 0.15) is 0 Å². The maximum absolute atomic E-state index is 13.3. The number of benzene rings is 1. The number of hydrogen-bond donors (Lipinski definition) is 0. The number of aryl methyl sites for hydroxylation is 1. The highest BCUT2D eigenvalue weighted by molar-refractivity contribution is 8.00. The van der Waals surface area contributed by atoms with Crippen LogP contribution in [0.15, 0.2) is 34.2 Å². The van der Waals surface area contributed by atoms with Gasteiger partial charge in [-0.25, -0.2) is 4.98 Å². The number of aromatic nitrogens is 2. The zero-order chi connectivity index (χ0) is 24.9. The molecule has 1 fully saturated rings. The first-order valence-electron chi connectivity index (χ1n) is 12.3. The molecule has 2 heterocycles. The van der Waals surface area contributed by atoms with Crippen molar-refractivity contribution >= 4 is 17.7 Å². The van der Waals surface area contributed by atoms with Gasteiger partial charge in [-0.15, -0.1) is 0 Å². The van der Waals surface area contributed by atoms with Crippen LogP contribution in [0.1, 0.15) is 69.3 Å². The monoisotopic (exact) mass is 485 g/mol. The molecule has 6 nitrogen and oxygen atoms in total. The van der Waals surface area contributed by atoms with E-state index in [0.29, 0.717) is 43.4 Å². The summed E-state index contributed by atoms with van der Waals surface area (Å²) in [6.45, 7) is 13.0. The number of rotatable bonds is 8. The van der Waals surface area contributed by atoms with Gasteiger partial charge < -0.3 is 9.64 Å². The lowest BCUT2D eigenvalue weighted by Gasteiger charge is -2.30. The molecule has 1 unspecified atom stereocenters. The largest absolute Gasteiger partial charge is 0.378 e. The van der Waals surface area contributed by atoms with Crippen LogP contribution < -0.4 is 5.56 Å². The van der Waals surface area contributed by atoms with Gasteiger partial charge in [0.15, 0.2) is 5.16 Å². The van der Waals surface area contributed by atoms with Gasteiger partial charge in [0.05, 0.1) is 18.5 Å². The number of ether oxygens (including phenoxy) is 1. The molecule has 2 aromatic rings. The summed E-state index contributed by atoms with van der Waals surface area (Å²) in [7, 11) is 1.76. The first-order chi connectivity index (χ1) is 16.1. The molecule has 0 saturated carbocycles. The van der Waals surface area contributed by atoms with Gasteiger partial charge in [0, 0.05) is 37.8 Å². The number of thioether (sulfide) groups is 1. The summed E-state index contributed by atoms with van der Waals surface area (Å²) in [5, 5.41) is 0.364. The number of carbonyl (C=O) groups is 1. The fourth-order valence-electron chi connectivity index (χ4n) is 4.10. The van der Waals surface area contributed by atoms with Crippen molar-refractivity contribution in [3.05, 3.63) is 57.0 Å². The van der Waals surface area contributed by atoms with Crippen molar-refractivity contribution < 1.29 is 9.53 Å². The molecule has 0 radical (unpaired) electrons. The van der Waals surface area contributed by atoms with E-state index < -0.39 is 0 Å². The van der Waals surface area contributed by atoms with E-state index in [2.05, 4.69) is 52.0 Å². The average Bonchev–Trinajstić information content (AvgIpc) is 2.82. The van der Waals surface area contributed by atoms with Gasteiger partial charge in [0.2, 0.25) is 5.91 Å². The zero-order valence-corrected chi connectivity index (χ0v) is 22.3. The van der Waals surface area contributed by atoms with E-state index in [1.165, 1.54) is 17.3 Å². The molecule has 3 rings (SSSR count). The molecule has 1 aromatic carbocycles. The number of hydrogen-bond acceptors (Lipinski definition) is 5. The van der Waals surface area contributed by atoms with Crippen molar-refractivity contribution in [1.82, 2.24) is 14.5 Å². The van der Waals surface area contributed by atoms with Crippen molar-refractivity contribution in [2.45, 2.75) is 76.1 Å². The molecular formula is C27H39N3O3S. The van der Waals surface area contributed by atoms with Crippen molar-refractivity contribution in [3.8, 4) is 0 Å². The second-order valence-corrected chi connectivity index (χ2v) is 11.3. The molecule has 0 N–H and O–H groups in total. The SMILES string of the molecule is CCCCC(Sc1nc(C)c(Cc2ccc(C(C)(C)C)cc2)c(=O)n1C)C(=O)N1CCOCC1. The lowest BCUT2D eigenvalue weighted by atomic mass is 9.86. The fraction of sp³-hybridized carbons (Fsp3) is 0.593. The second kappa shape index (κ2) is 11.5. The van der Waals surface area contributed by atoms with Crippen LogP contribution in [-0.4, -0.2) is 51.9 Å².